The van der Waals surface area contributed by atoms with E-state index in [2.05, 4.69) is 5.32 Å². The zero-order valence-electron chi connectivity index (χ0n) is 16.1. The lowest BCUT2D eigenvalue weighted by Crippen LogP contribution is -2.28. The number of halogens is 1. The molecule has 0 bridgehead atoms. The van der Waals surface area contributed by atoms with Crippen LogP contribution in [0.4, 0.5) is 4.39 Å². The molecule has 148 valence electrons. The van der Waals surface area contributed by atoms with E-state index >= 15 is 0 Å². The smallest absolute Gasteiger partial charge is 0.269 e. The van der Waals surface area contributed by atoms with E-state index in [0.29, 0.717) is 30.2 Å². The van der Waals surface area contributed by atoms with Crippen LogP contribution in [-0.4, -0.2) is 31.2 Å². The molecule has 3 rings (SSSR count). The van der Waals surface area contributed by atoms with Crippen LogP contribution in [0.15, 0.2) is 54.7 Å². The number of hydrogen-bond acceptors (Lipinski definition) is 4. The van der Waals surface area contributed by atoms with Gasteiger partial charge < -0.3 is 19.4 Å². The average Bonchev–Trinajstić information content (AvgIpc) is 3.18. The first-order valence-corrected chi connectivity index (χ1v) is 8.94. The van der Waals surface area contributed by atoms with Gasteiger partial charge in [0.15, 0.2) is 11.5 Å². The number of nitrogens with one attached hydrogen (secondary N) is 1. The van der Waals surface area contributed by atoms with Gasteiger partial charge in [0.2, 0.25) is 0 Å². The number of aromatic nitrogens is 1. The fourth-order valence-corrected chi connectivity index (χ4v) is 3.01. The van der Waals surface area contributed by atoms with Gasteiger partial charge in [0.05, 0.1) is 19.8 Å². The number of hydrogen-bond donors (Lipinski definition) is 1. The Hall–Kier alpha value is -3.79. The average molecular weight is 393 g/mol. The number of rotatable bonds is 7. The number of carbonyl (C=O) groups excluding carboxylic acids is 1. The van der Waals surface area contributed by atoms with Gasteiger partial charge in [0.25, 0.3) is 5.91 Å². The Labute approximate surface area is 168 Å². The second-order valence-electron chi connectivity index (χ2n) is 6.23. The summed E-state index contributed by atoms with van der Waals surface area (Å²) in [6.07, 6.45) is 2.19. The van der Waals surface area contributed by atoms with E-state index in [1.165, 1.54) is 12.1 Å². The van der Waals surface area contributed by atoms with Crippen LogP contribution in [-0.2, 0) is 6.42 Å². The number of nitrogens with zero attached hydrogens (tertiary/aromatic N) is 2. The van der Waals surface area contributed by atoms with E-state index in [1.54, 1.807) is 43.2 Å². The first-order chi connectivity index (χ1) is 14.1. The first kappa shape index (κ1) is 20.0. The van der Waals surface area contributed by atoms with Gasteiger partial charge in [-0.15, -0.1) is 0 Å². The third kappa shape index (κ3) is 4.38. The van der Waals surface area contributed by atoms with Gasteiger partial charge in [-0.05, 0) is 54.4 Å². The molecule has 0 atom stereocenters. The van der Waals surface area contributed by atoms with Crippen molar-refractivity contribution < 1.29 is 18.7 Å². The molecule has 0 unspecified atom stereocenters. The first-order valence-electron chi connectivity index (χ1n) is 8.94. The highest BCUT2D eigenvalue weighted by Gasteiger charge is 2.18. The zero-order valence-corrected chi connectivity index (χ0v) is 16.1. The number of nitriles is 1. The molecule has 0 saturated heterocycles. The van der Waals surface area contributed by atoms with Gasteiger partial charge in [-0.3, -0.25) is 4.79 Å². The fourth-order valence-electron chi connectivity index (χ4n) is 3.01. The predicted octanol–water partition coefficient (Wildman–Crippen LogP) is 3.48. The molecule has 7 heteroatoms. The predicted molar refractivity (Wildman–Crippen MR) is 106 cm³/mol. The van der Waals surface area contributed by atoms with Crippen LogP contribution in [0, 0.1) is 17.1 Å². The van der Waals surface area contributed by atoms with Crippen molar-refractivity contribution in [2.75, 3.05) is 20.8 Å². The SMILES string of the molecule is COc1ccc(CCNC(=O)c2c(C#N)ccn2-c2ccc(F)cc2)cc1OC. The second kappa shape index (κ2) is 8.93. The summed E-state index contributed by atoms with van der Waals surface area (Å²) in [6, 6.07) is 14.9. The molecule has 0 fully saturated rings. The van der Waals surface area contributed by atoms with E-state index in [1.807, 2.05) is 24.3 Å². The lowest BCUT2D eigenvalue weighted by Gasteiger charge is -2.12. The molecule has 0 spiro atoms. The molecule has 2 aromatic carbocycles. The Bertz CT molecular complexity index is 1050. The molecule has 0 aliphatic rings. The van der Waals surface area contributed by atoms with Crippen molar-refractivity contribution in [3.8, 4) is 23.3 Å². The molecular formula is C22H20FN3O3. The normalized spacial score (nSPS) is 10.3. The molecule has 0 saturated carbocycles. The maximum atomic E-state index is 13.2. The summed E-state index contributed by atoms with van der Waals surface area (Å²) in [5.74, 6) is 0.503. The lowest BCUT2D eigenvalue weighted by molar-refractivity contribution is 0.0947. The monoisotopic (exact) mass is 393 g/mol. The topological polar surface area (TPSA) is 76.3 Å². The molecule has 1 aromatic heterocycles. The molecule has 6 nitrogen and oxygen atoms in total. The summed E-state index contributed by atoms with van der Waals surface area (Å²) in [5, 5.41) is 12.2. The van der Waals surface area contributed by atoms with Crippen LogP contribution >= 0.6 is 0 Å². The Kier molecular flexibility index (Phi) is 6.15. The Morgan fingerprint density at radius 2 is 1.83 bits per heavy atom. The molecule has 0 aliphatic heterocycles. The van der Waals surface area contributed by atoms with Gasteiger partial charge in [-0.2, -0.15) is 5.26 Å². The van der Waals surface area contributed by atoms with Crippen LogP contribution in [0.5, 0.6) is 11.5 Å². The van der Waals surface area contributed by atoms with Gasteiger partial charge in [0.1, 0.15) is 17.6 Å². The quantitative estimate of drug-likeness (QED) is 0.667. The van der Waals surface area contributed by atoms with Crippen LogP contribution in [0.1, 0.15) is 21.6 Å². The molecular weight excluding hydrogens is 373 g/mol. The third-order valence-electron chi connectivity index (χ3n) is 4.47. The van der Waals surface area contributed by atoms with Crippen molar-refractivity contribution in [3.05, 3.63) is 77.4 Å². The number of methoxy groups -OCH3 is 2. The molecule has 0 radical (unpaired) electrons. The Morgan fingerprint density at radius 3 is 2.48 bits per heavy atom. The van der Waals surface area contributed by atoms with Crippen LogP contribution < -0.4 is 14.8 Å². The highest BCUT2D eigenvalue weighted by molar-refractivity contribution is 5.95. The Balaban J connectivity index is 1.74. The second-order valence-corrected chi connectivity index (χ2v) is 6.23. The minimum absolute atomic E-state index is 0.214. The Morgan fingerprint density at radius 1 is 1.10 bits per heavy atom. The molecule has 1 N–H and O–H groups in total. The maximum Gasteiger partial charge on any atom is 0.269 e. The van der Waals surface area contributed by atoms with E-state index in [9.17, 15) is 14.4 Å². The van der Waals surface area contributed by atoms with Crippen LogP contribution in [0.2, 0.25) is 0 Å². The van der Waals surface area contributed by atoms with E-state index < -0.39 is 0 Å². The maximum absolute atomic E-state index is 13.2. The molecule has 1 heterocycles. The van der Waals surface area contributed by atoms with Crippen molar-refractivity contribution in [1.29, 1.82) is 5.26 Å². The van der Waals surface area contributed by atoms with Crippen molar-refractivity contribution in [2.45, 2.75) is 6.42 Å². The molecule has 0 aliphatic carbocycles. The van der Waals surface area contributed by atoms with Crippen molar-refractivity contribution in [1.82, 2.24) is 9.88 Å². The lowest BCUT2D eigenvalue weighted by atomic mass is 10.1. The fraction of sp³-hybridized carbons (Fsp3) is 0.182. The summed E-state index contributed by atoms with van der Waals surface area (Å²) < 4.78 is 25.3. The third-order valence-corrected chi connectivity index (χ3v) is 4.47. The summed E-state index contributed by atoms with van der Waals surface area (Å²) in [5.41, 5.74) is 2.03. The van der Waals surface area contributed by atoms with E-state index in [0.717, 1.165) is 5.56 Å². The van der Waals surface area contributed by atoms with Crippen LogP contribution in [0.3, 0.4) is 0 Å². The number of ether oxygens (including phenoxy) is 2. The van der Waals surface area contributed by atoms with Gasteiger partial charge >= 0.3 is 0 Å². The van der Waals surface area contributed by atoms with Crippen molar-refractivity contribution in [2.24, 2.45) is 0 Å². The number of carbonyl (C=O) groups is 1. The standard InChI is InChI=1S/C22H20FN3O3/c1-28-19-8-3-15(13-20(19)29-2)9-11-25-22(27)21-16(14-24)10-12-26(21)18-6-4-17(23)5-7-18/h3-8,10,12-13H,9,11H2,1-2H3,(H,25,27). The summed E-state index contributed by atoms with van der Waals surface area (Å²) in [6.45, 7) is 0.369. The zero-order chi connectivity index (χ0) is 20.8. The molecule has 1 amide bonds. The molecule has 3 aromatic rings. The largest absolute Gasteiger partial charge is 0.493 e. The number of amides is 1. The minimum atomic E-state index is -0.378. The van der Waals surface area contributed by atoms with Gasteiger partial charge in [-0.1, -0.05) is 6.07 Å². The highest BCUT2D eigenvalue weighted by atomic mass is 19.1. The van der Waals surface area contributed by atoms with Crippen molar-refractivity contribution >= 4 is 5.91 Å². The molecule has 29 heavy (non-hydrogen) atoms. The number of benzene rings is 2. The highest BCUT2D eigenvalue weighted by Crippen LogP contribution is 2.27. The summed E-state index contributed by atoms with van der Waals surface area (Å²) in [7, 11) is 3.14. The van der Waals surface area contributed by atoms with E-state index in [-0.39, 0.29) is 23.0 Å². The van der Waals surface area contributed by atoms with Gasteiger partial charge in [-0.25, -0.2) is 4.39 Å². The summed E-state index contributed by atoms with van der Waals surface area (Å²) in [4.78, 5) is 12.8. The summed E-state index contributed by atoms with van der Waals surface area (Å²) >= 11 is 0. The van der Waals surface area contributed by atoms with Crippen LogP contribution in [0.25, 0.3) is 5.69 Å². The van der Waals surface area contributed by atoms with Gasteiger partial charge in [0, 0.05) is 18.4 Å². The minimum Gasteiger partial charge on any atom is -0.493 e. The van der Waals surface area contributed by atoms with Crippen molar-refractivity contribution in [3.63, 3.8) is 0 Å². The van der Waals surface area contributed by atoms with E-state index in [4.69, 9.17) is 9.47 Å².